The summed E-state index contributed by atoms with van der Waals surface area (Å²) < 4.78 is 32.2. The number of hydrogen-bond donors (Lipinski definition) is 1. The minimum absolute atomic E-state index is 0.329. The smallest absolute Gasteiger partial charge is 0.243 e. The zero-order valence-electron chi connectivity index (χ0n) is 14.7. The number of methoxy groups -OCH3 is 1. The Balaban J connectivity index is 1.61. The molecule has 25 heavy (non-hydrogen) atoms. The fraction of sp³-hybridized carbons (Fsp3) is 0.368. The van der Waals surface area contributed by atoms with E-state index in [-0.39, 0.29) is 0 Å². The van der Waals surface area contributed by atoms with Gasteiger partial charge in [0, 0.05) is 5.56 Å². The molecule has 0 amide bonds. The van der Waals surface area contributed by atoms with Gasteiger partial charge in [-0.05, 0) is 31.2 Å². The van der Waals surface area contributed by atoms with E-state index in [1.807, 2.05) is 0 Å². The number of quaternary nitrogens is 1. The summed E-state index contributed by atoms with van der Waals surface area (Å²) in [5.74, 6) is 0.659. The molecule has 1 aliphatic rings. The maximum atomic E-state index is 12.8. The fourth-order valence-electron chi connectivity index (χ4n) is 3.11. The van der Waals surface area contributed by atoms with Crippen molar-refractivity contribution in [2.45, 2.75) is 18.4 Å². The third kappa shape index (κ3) is 4.21. The van der Waals surface area contributed by atoms with E-state index >= 15 is 0 Å². The molecule has 0 unspecified atom stereocenters. The van der Waals surface area contributed by atoms with Gasteiger partial charge in [0.1, 0.15) is 12.3 Å². The van der Waals surface area contributed by atoms with Crippen molar-refractivity contribution < 1.29 is 18.1 Å². The molecular formula is C19H25N2O3S+. The topological polar surface area (TPSA) is 51.1 Å². The molecule has 2 aromatic rings. The zero-order valence-corrected chi connectivity index (χ0v) is 15.6. The highest BCUT2D eigenvalue weighted by molar-refractivity contribution is 7.89. The first-order valence-corrected chi connectivity index (χ1v) is 9.96. The molecular weight excluding hydrogens is 336 g/mol. The highest BCUT2D eigenvalue weighted by atomic mass is 32.2. The number of sulfonamides is 1. The maximum Gasteiger partial charge on any atom is 0.243 e. The van der Waals surface area contributed by atoms with Crippen molar-refractivity contribution in [2.24, 2.45) is 0 Å². The average Bonchev–Trinajstić information content (AvgIpc) is 2.64. The molecule has 0 spiro atoms. The SMILES string of the molecule is COc1ccc(S(=O)(=O)N2CC[NH+](Cc3ccc(C)cc3)CC2)cc1. The van der Waals surface area contributed by atoms with Crippen molar-refractivity contribution in [3.8, 4) is 5.75 Å². The molecule has 2 aromatic carbocycles. The Morgan fingerprint density at radius 3 is 2.16 bits per heavy atom. The van der Waals surface area contributed by atoms with Crippen LogP contribution in [0.1, 0.15) is 11.1 Å². The largest absolute Gasteiger partial charge is 0.497 e. The average molecular weight is 361 g/mol. The molecule has 3 rings (SSSR count). The third-order valence-electron chi connectivity index (χ3n) is 4.70. The Hall–Kier alpha value is -1.89. The molecule has 0 saturated carbocycles. The predicted molar refractivity (Wildman–Crippen MR) is 97.3 cm³/mol. The molecule has 1 saturated heterocycles. The summed E-state index contributed by atoms with van der Waals surface area (Å²) in [6, 6.07) is 15.2. The molecule has 0 bridgehead atoms. The molecule has 1 fully saturated rings. The van der Waals surface area contributed by atoms with Crippen molar-refractivity contribution in [2.75, 3.05) is 33.3 Å². The number of benzene rings is 2. The Morgan fingerprint density at radius 2 is 1.60 bits per heavy atom. The lowest BCUT2D eigenvalue weighted by Crippen LogP contribution is -3.13. The second-order valence-corrected chi connectivity index (χ2v) is 8.43. The highest BCUT2D eigenvalue weighted by Gasteiger charge is 2.30. The Morgan fingerprint density at radius 1 is 1.00 bits per heavy atom. The van der Waals surface area contributed by atoms with Crippen molar-refractivity contribution >= 4 is 10.0 Å². The summed E-state index contributed by atoms with van der Waals surface area (Å²) >= 11 is 0. The van der Waals surface area contributed by atoms with Gasteiger partial charge in [0.25, 0.3) is 0 Å². The van der Waals surface area contributed by atoms with Gasteiger partial charge in [0.2, 0.25) is 10.0 Å². The van der Waals surface area contributed by atoms with Gasteiger partial charge in [0.15, 0.2) is 0 Å². The van der Waals surface area contributed by atoms with Crippen LogP contribution in [0.25, 0.3) is 0 Å². The molecule has 0 radical (unpaired) electrons. The van der Waals surface area contributed by atoms with Crippen LogP contribution in [0.3, 0.4) is 0 Å². The second-order valence-electron chi connectivity index (χ2n) is 6.49. The minimum Gasteiger partial charge on any atom is -0.497 e. The molecule has 5 nitrogen and oxygen atoms in total. The van der Waals surface area contributed by atoms with Crippen LogP contribution in [-0.2, 0) is 16.6 Å². The molecule has 1 aliphatic heterocycles. The molecule has 134 valence electrons. The Bertz CT molecular complexity index is 794. The summed E-state index contributed by atoms with van der Waals surface area (Å²) in [4.78, 5) is 1.75. The number of aryl methyl sites for hydroxylation is 1. The number of rotatable bonds is 5. The molecule has 1 N–H and O–H groups in total. The second kappa shape index (κ2) is 7.56. The van der Waals surface area contributed by atoms with Gasteiger partial charge in [-0.3, -0.25) is 0 Å². The van der Waals surface area contributed by atoms with E-state index in [0.29, 0.717) is 23.7 Å². The quantitative estimate of drug-likeness (QED) is 0.868. The third-order valence-corrected chi connectivity index (χ3v) is 6.61. The minimum atomic E-state index is -3.42. The van der Waals surface area contributed by atoms with Gasteiger partial charge in [-0.15, -0.1) is 0 Å². The number of nitrogens with one attached hydrogen (secondary N) is 1. The summed E-state index contributed by atoms with van der Waals surface area (Å²) in [7, 11) is -1.86. The summed E-state index contributed by atoms with van der Waals surface area (Å²) in [5.41, 5.74) is 2.56. The number of hydrogen-bond acceptors (Lipinski definition) is 3. The van der Waals surface area contributed by atoms with Gasteiger partial charge >= 0.3 is 0 Å². The number of nitrogens with zero attached hydrogens (tertiary/aromatic N) is 1. The van der Waals surface area contributed by atoms with Gasteiger partial charge in [-0.25, -0.2) is 8.42 Å². The molecule has 0 atom stereocenters. The molecule has 6 heteroatoms. The van der Waals surface area contributed by atoms with Gasteiger partial charge in [-0.1, -0.05) is 29.8 Å². The predicted octanol–water partition coefficient (Wildman–Crippen LogP) is 1.09. The lowest BCUT2D eigenvalue weighted by molar-refractivity contribution is -0.917. The van der Waals surface area contributed by atoms with Crippen LogP contribution in [0.4, 0.5) is 0 Å². The van der Waals surface area contributed by atoms with Crippen LogP contribution in [0.5, 0.6) is 5.75 Å². The normalized spacial score (nSPS) is 16.7. The zero-order chi connectivity index (χ0) is 17.9. The van der Waals surface area contributed by atoms with E-state index in [2.05, 4.69) is 31.2 Å². The van der Waals surface area contributed by atoms with Crippen molar-refractivity contribution in [1.29, 1.82) is 0 Å². The van der Waals surface area contributed by atoms with Crippen LogP contribution in [0.2, 0.25) is 0 Å². The van der Waals surface area contributed by atoms with Gasteiger partial charge in [-0.2, -0.15) is 4.31 Å². The van der Waals surface area contributed by atoms with E-state index in [9.17, 15) is 8.42 Å². The highest BCUT2D eigenvalue weighted by Crippen LogP contribution is 2.19. The molecule has 0 aliphatic carbocycles. The lowest BCUT2D eigenvalue weighted by atomic mass is 10.1. The van der Waals surface area contributed by atoms with Crippen LogP contribution in [0, 0.1) is 6.92 Å². The van der Waals surface area contributed by atoms with Crippen LogP contribution < -0.4 is 9.64 Å². The molecule has 0 aromatic heterocycles. The summed E-state index contributed by atoms with van der Waals surface area (Å²) in [6.45, 7) is 5.77. The van der Waals surface area contributed by atoms with E-state index in [1.54, 1.807) is 35.7 Å². The van der Waals surface area contributed by atoms with E-state index < -0.39 is 10.0 Å². The van der Waals surface area contributed by atoms with Gasteiger partial charge in [0.05, 0.1) is 38.2 Å². The lowest BCUT2D eigenvalue weighted by Gasteiger charge is -2.31. The standard InChI is InChI=1S/C19H24N2O3S/c1-16-3-5-17(6-4-16)15-20-11-13-21(14-12-20)25(22,23)19-9-7-18(24-2)8-10-19/h3-10H,11-15H2,1-2H3/p+1. The fourth-order valence-corrected chi connectivity index (χ4v) is 4.55. The van der Waals surface area contributed by atoms with Crippen molar-refractivity contribution in [1.82, 2.24) is 4.31 Å². The van der Waals surface area contributed by atoms with Crippen molar-refractivity contribution in [3.05, 3.63) is 59.7 Å². The van der Waals surface area contributed by atoms with E-state index in [4.69, 9.17) is 4.74 Å². The first kappa shape index (κ1) is 17.9. The van der Waals surface area contributed by atoms with Crippen molar-refractivity contribution in [3.63, 3.8) is 0 Å². The number of piperazine rings is 1. The van der Waals surface area contributed by atoms with Crippen LogP contribution in [0.15, 0.2) is 53.4 Å². The van der Waals surface area contributed by atoms with E-state index in [1.165, 1.54) is 16.0 Å². The monoisotopic (exact) mass is 361 g/mol. The Kier molecular flexibility index (Phi) is 5.42. The van der Waals surface area contributed by atoms with E-state index in [0.717, 1.165) is 19.6 Å². The van der Waals surface area contributed by atoms with Crippen LogP contribution >= 0.6 is 0 Å². The number of ether oxygens (including phenoxy) is 1. The maximum absolute atomic E-state index is 12.8. The first-order valence-electron chi connectivity index (χ1n) is 8.52. The van der Waals surface area contributed by atoms with Gasteiger partial charge < -0.3 is 9.64 Å². The molecule has 1 heterocycles. The first-order chi connectivity index (χ1) is 12.0. The summed E-state index contributed by atoms with van der Waals surface area (Å²) in [6.07, 6.45) is 0. The summed E-state index contributed by atoms with van der Waals surface area (Å²) in [5, 5.41) is 0. The van der Waals surface area contributed by atoms with Crippen LogP contribution in [-0.4, -0.2) is 46.0 Å². The Labute approximate surface area is 149 Å².